The number of carboxylic acid groups (broad SMARTS) is 1. The molecule has 0 bridgehead atoms. The highest BCUT2D eigenvalue weighted by atomic mass is 32.1. The number of aliphatic carboxylic acids is 1. The Bertz CT molecular complexity index is 1450. The van der Waals surface area contributed by atoms with Crippen molar-refractivity contribution >= 4 is 29.4 Å². The highest BCUT2D eigenvalue weighted by molar-refractivity contribution is 7.07. The highest BCUT2D eigenvalue weighted by Gasteiger charge is 2.33. The van der Waals surface area contributed by atoms with E-state index in [2.05, 4.69) is 4.99 Å². The van der Waals surface area contributed by atoms with E-state index < -0.39 is 24.6 Å². The molecule has 0 radical (unpaired) electrons. The first-order valence-electron chi connectivity index (χ1n) is 10.6. The van der Waals surface area contributed by atoms with E-state index >= 15 is 0 Å². The van der Waals surface area contributed by atoms with Gasteiger partial charge in [-0.1, -0.05) is 53.8 Å². The van der Waals surface area contributed by atoms with Crippen LogP contribution in [0.15, 0.2) is 75.7 Å². The number of benzene rings is 2. The number of rotatable bonds is 7. The van der Waals surface area contributed by atoms with Gasteiger partial charge in [-0.05, 0) is 43.2 Å². The number of thiazole rings is 1. The summed E-state index contributed by atoms with van der Waals surface area (Å²) in [6.07, 6.45) is 1.68. The van der Waals surface area contributed by atoms with Crippen molar-refractivity contribution in [3.63, 3.8) is 0 Å². The molecule has 0 saturated heterocycles. The number of carbonyl (C=O) groups is 2. The van der Waals surface area contributed by atoms with Crippen molar-refractivity contribution < 1.29 is 24.2 Å². The fourth-order valence-electron chi connectivity index (χ4n) is 3.73. The lowest BCUT2D eigenvalue weighted by molar-refractivity contribution is -0.307. The molecule has 2 aromatic carbocycles. The fraction of sp³-hybridized carbons (Fsp3) is 0.200. The third-order valence-electron chi connectivity index (χ3n) is 5.14. The van der Waals surface area contributed by atoms with Crippen molar-refractivity contribution in [1.82, 2.24) is 4.57 Å². The van der Waals surface area contributed by atoms with Gasteiger partial charge in [0.1, 0.15) is 12.4 Å². The minimum Gasteiger partial charge on any atom is -0.546 e. The van der Waals surface area contributed by atoms with Crippen LogP contribution in [0.4, 0.5) is 0 Å². The highest BCUT2D eigenvalue weighted by Crippen LogP contribution is 2.30. The molecule has 0 aliphatic carbocycles. The van der Waals surface area contributed by atoms with E-state index in [4.69, 9.17) is 9.47 Å². The molecular weight excluding hydrogens is 456 g/mol. The number of nitrogens with zero attached hydrogens (tertiary/aromatic N) is 2. The molecule has 0 spiro atoms. The van der Waals surface area contributed by atoms with Crippen molar-refractivity contribution in [1.29, 1.82) is 0 Å². The number of ether oxygens (including phenoxy) is 2. The number of hydrogen-bond acceptors (Lipinski definition) is 8. The summed E-state index contributed by atoms with van der Waals surface area (Å²) in [5.74, 6) is -1.50. The number of allylic oxidation sites excluding steroid dienone is 1. The smallest absolute Gasteiger partial charge is 0.338 e. The Labute approximate surface area is 198 Å². The van der Waals surface area contributed by atoms with Gasteiger partial charge in [0, 0.05) is 0 Å². The second-order valence-corrected chi connectivity index (χ2v) is 8.46. The number of aromatic nitrogens is 1. The summed E-state index contributed by atoms with van der Waals surface area (Å²) in [6, 6.07) is 15.3. The van der Waals surface area contributed by atoms with Crippen LogP contribution in [0.1, 0.15) is 31.0 Å². The van der Waals surface area contributed by atoms with Crippen LogP contribution in [0.5, 0.6) is 5.75 Å². The Morgan fingerprint density at radius 1 is 1.18 bits per heavy atom. The number of carbonyl (C=O) groups excluding carboxylic acids is 2. The predicted molar refractivity (Wildman–Crippen MR) is 124 cm³/mol. The Morgan fingerprint density at radius 3 is 2.65 bits per heavy atom. The Hall–Kier alpha value is -3.98. The molecule has 2 heterocycles. The third-order valence-corrected chi connectivity index (χ3v) is 6.13. The zero-order chi connectivity index (χ0) is 24.2. The zero-order valence-electron chi connectivity index (χ0n) is 18.5. The second kappa shape index (κ2) is 9.88. The summed E-state index contributed by atoms with van der Waals surface area (Å²) in [4.78, 5) is 42.0. The minimum absolute atomic E-state index is 0.206. The van der Waals surface area contributed by atoms with E-state index in [0.29, 0.717) is 31.9 Å². The first-order chi connectivity index (χ1) is 16.4. The summed E-state index contributed by atoms with van der Waals surface area (Å²) in [5.41, 5.74) is 1.94. The molecule has 0 N–H and O–H groups in total. The van der Waals surface area contributed by atoms with Crippen molar-refractivity contribution in [2.75, 3.05) is 13.2 Å². The standard InChI is InChI=1S/C25H22N2O6S/c1-3-32-24(31)21-15(2)26-25-27(22(21)17-9-5-4-6-10-17)23(30)19(34-25)13-16-8-7-11-18(12-16)33-14-20(28)29/h4-13,22H,3,14H2,1-2H3,(H,28,29)/p-1/b19-13-/t22-/m0/s1. The minimum atomic E-state index is -1.33. The van der Waals surface area contributed by atoms with Gasteiger partial charge in [0.25, 0.3) is 5.56 Å². The largest absolute Gasteiger partial charge is 0.546 e. The zero-order valence-corrected chi connectivity index (χ0v) is 19.3. The van der Waals surface area contributed by atoms with Crippen molar-refractivity contribution in [3.05, 3.63) is 96.7 Å². The molecule has 1 atom stereocenters. The average Bonchev–Trinajstić information content (AvgIpc) is 3.12. The Morgan fingerprint density at radius 2 is 1.94 bits per heavy atom. The van der Waals surface area contributed by atoms with Gasteiger partial charge in [-0.15, -0.1) is 0 Å². The molecule has 34 heavy (non-hydrogen) atoms. The molecule has 9 heteroatoms. The van der Waals surface area contributed by atoms with Crippen molar-refractivity contribution in [2.24, 2.45) is 4.99 Å². The van der Waals surface area contributed by atoms with E-state index in [1.165, 1.54) is 15.9 Å². The average molecular weight is 478 g/mol. The lowest BCUT2D eigenvalue weighted by Gasteiger charge is -2.24. The lowest BCUT2D eigenvalue weighted by Crippen LogP contribution is -2.39. The first kappa shape index (κ1) is 23.2. The van der Waals surface area contributed by atoms with Crippen LogP contribution in [0.2, 0.25) is 0 Å². The molecule has 0 saturated carbocycles. The molecule has 0 amide bonds. The van der Waals surface area contributed by atoms with Crippen LogP contribution in [0.25, 0.3) is 6.08 Å². The second-order valence-electron chi connectivity index (χ2n) is 7.45. The number of esters is 1. The summed E-state index contributed by atoms with van der Waals surface area (Å²) >= 11 is 1.21. The molecule has 8 nitrogen and oxygen atoms in total. The SMILES string of the molecule is CCOC(=O)C1=C(C)N=c2s/c(=C\c3cccc(OCC(=O)[O-])c3)c(=O)n2[C@H]1c1ccccc1. The van der Waals surface area contributed by atoms with Crippen LogP contribution >= 0.6 is 11.3 Å². The van der Waals surface area contributed by atoms with Crippen LogP contribution < -0.4 is 24.7 Å². The van der Waals surface area contributed by atoms with Crippen LogP contribution in [0.3, 0.4) is 0 Å². The van der Waals surface area contributed by atoms with Crippen LogP contribution in [-0.4, -0.2) is 29.7 Å². The molecule has 174 valence electrons. The molecule has 0 unspecified atom stereocenters. The fourth-order valence-corrected chi connectivity index (χ4v) is 4.78. The van der Waals surface area contributed by atoms with E-state index in [-0.39, 0.29) is 12.2 Å². The summed E-state index contributed by atoms with van der Waals surface area (Å²) in [7, 11) is 0. The summed E-state index contributed by atoms with van der Waals surface area (Å²) in [5, 5.41) is 10.7. The van der Waals surface area contributed by atoms with Gasteiger partial charge in [0.05, 0.1) is 34.4 Å². The third kappa shape index (κ3) is 4.69. The molecule has 1 aliphatic rings. The Balaban J connectivity index is 1.84. The molecular formula is C25H21N2O6S-. The van der Waals surface area contributed by atoms with Gasteiger partial charge in [-0.25, -0.2) is 9.79 Å². The van der Waals surface area contributed by atoms with Crippen molar-refractivity contribution in [3.8, 4) is 5.75 Å². The normalized spacial score (nSPS) is 15.5. The maximum atomic E-state index is 13.5. The quantitative estimate of drug-likeness (QED) is 0.468. The first-order valence-corrected chi connectivity index (χ1v) is 11.4. The van der Waals surface area contributed by atoms with Gasteiger partial charge >= 0.3 is 5.97 Å². The van der Waals surface area contributed by atoms with E-state index in [9.17, 15) is 19.5 Å². The number of fused-ring (bicyclic) bond motifs is 1. The summed E-state index contributed by atoms with van der Waals surface area (Å²) in [6.45, 7) is 3.10. The van der Waals surface area contributed by atoms with Crippen molar-refractivity contribution in [2.45, 2.75) is 19.9 Å². The molecule has 3 aromatic rings. The number of carboxylic acids is 1. The molecule has 1 aliphatic heterocycles. The van der Waals surface area contributed by atoms with E-state index in [1.807, 2.05) is 30.3 Å². The molecule has 4 rings (SSSR count). The lowest BCUT2D eigenvalue weighted by atomic mass is 9.96. The van der Waals surface area contributed by atoms with Gasteiger partial charge in [0.2, 0.25) is 0 Å². The maximum Gasteiger partial charge on any atom is 0.338 e. The van der Waals surface area contributed by atoms with E-state index in [0.717, 1.165) is 5.56 Å². The molecule has 1 aromatic heterocycles. The molecule has 0 fully saturated rings. The van der Waals surface area contributed by atoms with Gasteiger partial charge < -0.3 is 19.4 Å². The Kier molecular flexibility index (Phi) is 6.74. The monoisotopic (exact) mass is 477 g/mol. The van der Waals surface area contributed by atoms with Gasteiger partial charge in [-0.3, -0.25) is 9.36 Å². The maximum absolute atomic E-state index is 13.5. The topological polar surface area (TPSA) is 110 Å². The predicted octanol–water partition coefficient (Wildman–Crippen LogP) is 0.927. The van der Waals surface area contributed by atoms with Gasteiger partial charge in [-0.2, -0.15) is 0 Å². The number of hydrogen-bond donors (Lipinski definition) is 0. The summed E-state index contributed by atoms with van der Waals surface area (Å²) < 4.78 is 12.4. The van der Waals surface area contributed by atoms with E-state index in [1.54, 1.807) is 44.2 Å². The van der Waals surface area contributed by atoms with Gasteiger partial charge in [0.15, 0.2) is 4.80 Å². The van der Waals surface area contributed by atoms with Crippen LogP contribution in [-0.2, 0) is 14.3 Å². The van der Waals surface area contributed by atoms with Crippen LogP contribution in [0, 0.1) is 0 Å².